The van der Waals surface area contributed by atoms with Crippen molar-refractivity contribution in [3.05, 3.63) is 52.7 Å². The Morgan fingerprint density at radius 3 is 2.58 bits per heavy atom. The molecule has 0 aliphatic heterocycles. The highest BCUT2D eigenvalue weighted by molar-refractivity contribution is 7.17. The zero-order valence-electron chi connectivity index (χ0n) is 19.4. The quantitative estimate of drug-likeness (QED) is 0.297. The molecule has 13 nitrogen and oxygen atoms in total. The van der Waals surface area contributed by atoms with Gasteiger partial charge in [-0.1, -0.05) is 17.4 Å². The number of hydrogen-bond acceptors (Lipinski definition) is 12. The van der Waals surface area contributed by atoms with Crippen molar-refractivity contribution in [2.75, 3.05) is 31.9 Å². The maximum absolute atomic E-state index is 13.0. The molecule has 4 aromatic rings. The number of anilines is 2. The minimum atomic E-state index is -0.937. The summed E-state index contributed by atoms with van der Waals surface area (Å²) in [6.07, 6.45) is 0.764. The second-order valence-corrected chi connectivity index (χ2v) is 8.26. The Morgan fingerprint density at radius 1 is 1.25 bits per heavy atom. The molecule has 0 saturated carbocycles. The number of benzene rings is 1. The molecule has 0 spiro atoms. The molecule has 0 radical (unpaired) electrons. The van der Waals surface area contributed by atoms with E-state index in [2.05, 4.69) is 20.6 Å². The number of hydrogen-bond donors (Lipinski definition) is 3. The summed E-state index contributed by atoms with van der Waals surface area (Å²) in [6, 6.07) is 7.94. The number of nitrogens with zero attached hydrogens (tertiary/aromatic N) is 4. The molecule has 0 fully saturated rings. The van der Waals surface area contributed by atoms with Gasteiger partial charge >= 0.3 is 5.63 Å². The number of nitrogens with two attached hydrogens (primary N) is 1. The number of carbonyl (C=O) groups is 1. The van der Waals surface area contributed by atoms with E-state index in [1.54, 1.807) is 31.2 Å². The Hall–Kier alpha value is -4.43. The van der Waals surface area contributed by atoms with Crippen molar-refractivity contribution in [3.63, 3.8) is 0 Å². The molecule has 3 heterocycles. The highest BCUT2D eigenvalue weighted by atomic mass is 32.1. The molecule has 0 bridgehead atoms. The van der Waals surface area contributed by atoms with Gasteiger partial charge in [-0.15, -0.1) is 10.2 Å². The third kappa shape index (κ3) is 4.85. The van der Waals surface area contributed by atoms with Crippen LogP contribution in [0.15, 0.2) is 45.7 Å². The number of nitrogen functional groups attached to an aromatic ring is 1. The minimum absolute atomic E-state index is 0.123. The largest absolute Gasteiger partial charge is 0.496 e. The van der Waals surface area contributed by atoms with Gasteiger partial charge in [0.1, 0.15) is 23.4 Å². The van der Waals surface area contributed by atoms with Gasteiger partial charge in [0.25, 0.3) is 5.91 Å². The number of methoxy groups -OCH3 is 2. The lowest BCUT2D eigenvalue weighted by atomic mass is 10.0. The van der Waals surface area contributed by atoms with Gasteiger partial charge in [-0.25, -0.2) is 4.79 Å². The van der Waals surface area contributed by atoms with Crippen molar-refractivity contribution in [2.45, 2.75) is 13.0 Å². The molecule has 188 valence electrons. The first kappa shape index (κ1) is 24.7. The number of nitrogens with one attached hydrogen (secondary N) is 1. The second kappa shape index (κ2) is 10.5. The van der Waals surface area contributed by atoms with E-state index in [0.717, 1.165) is 11.3 Å². The van der Waals surface area contributed by atoms with Gasteiger partial charge < -0.3 is 29.5 Å². The standard InChI is InChI=1S/C22H22N6O7S/c1-11(10-29)34-18-12(17-13(32-2)5-4-6-14(17)33-3)9-15(35-20(18)31)19(30)25-21-26-27-22(36-21)28-16(23)7-8-24-28/h4-9,11,29H,10,23H2,1-3H3,(H,25,26,30)/t11-/m0/s1. The zero-order valence-corrected chi connectivity index (χ0v) is 20.2. The van der Waals surface area contributed by atoms with Gasteiger partial charge in [0.15, 0.2) is 5.76 Å². The Kier molecular flexibility index (Phi) is 7.17. The maximum Gasteiger partial charge on any atom is 0.379 e. The van der Waals surface area contributed by atoms with E-state index in [4.69, 9.17) is 24.4 Å². The summed E-state index contributed by atoms with van der Waals surface area (Å²) in [4.78, 5) is 26.0. The van der Waals surface area contributed by atoms with Crippen LogP contribution in [-0.4, -0.2) is 57.9 Å². The number of aliphatic hydroxyl groups excluding tert-OH is 1. The van der Waals surface area contributed by atoms with Crippen LogP contribution in [0.4, 0.5) is 10.9 Å². The summed E-state index contributed by atoms with van der Waals surface area (Å²) < 4.78 is 23.2. The Bertz CT molecular complexity index is 1420. The molecule has 36 heavy (non-hydrogen) atoms. The number of aromatic nitrogens is 4. The van der Waals surface area contributed by atoms with Crippen LogP contribution in [0.3, 0.4) is 0 Å². The Balaban J connectivity index is 1.76. The van der Waals surface area contributed by atoms with Crippen molar-refractivity contribution >= 4 is 28.2 Å². The van der Waals surface area contributed by atoms with Gasteiger partial charge in [0.05, 0.1) is 32.6 Å². The molecular formula is C22H22N6O7S. The lowest BCUT2D eigenvalue weighted by molar-refractivity contribution is 0.0986. The van der Waals surface area contributed by atoms with E-state index in [0.29, 0.717) is 28.0 Å². The highest BCUT2D eigenvalue weighted by Gasteiger charge is 2.25. The summed E-state index contributed by atoms with van der Waals surface area (Å²) in [5, 5.41) is 24.3. The highest BCUT2D eigenvalue weighted by Crippen LogP contribution is 2.42. The maximum atomic E-state index is 13.0. The van der Waals surface area contributed by atoms with Crippen LogP contribution in [0.5, 0.6) is 17.2 Å². The van der Waals surface area contributed by atoms with Gasteiger partial charge in [-0.3, -0.25) is 10.1 Å². The summed E-state index contributed by atoms with van der Waals surface area (Å²) in [6.45, 7) is 1.22. The predicted molar refractivity (Wildman–Crippen MR) is 130 cm³/mol. The van der Waals surface area contributed by atoms with Gasteiger partial charge in [-0.05, 0) is 25.1 Å². The summed E-state index contributed by atoms with van der Waals surface area (Å²) in [7, 11) is 2.90. The van der Waals surface area contributed by atoms with E-state index in [1.807, 2.05) is 0 Å². The number of ether oxygens (including phenoxy) is 3. The first-order valence-electron chi connectivity index (χ1n) is 10.5. The van der Waals surface area contributed by atoms with Crippen molar-refractivity contribution in [1.82, 2.24) is 20.0 Å². The summed E-state index contributed by atoms with van der Waals surface area (Å²) >= 11 is 1.01. The molecular weight excluding hydrogens is 492 g/mol. The molecule has 3 aromatic heterocycles. The molecule has 4 rings (SSSR count). The average Bonchev–Trinajstić information content (AvgIpc) is 3.52. The van der Waals surface area contributed by atoms with Crippen molar-refractivity contribution < 1.29 is 28.5 Å². The lowest BCUT2D eigenvalue weighted by Crippen LogP contribution is -2.22. The lowest BCUT2D eigenvalue weighted by Gasteiger charge is -2.18. The molecule has 1 aromatic carbocycles. The molecule has 0 aliphatic carbocycles. The van der Waals surface area contributed by atoms with Crippen molar-refractivity contribution in [2.24, 2.45) is 0 Å². The molecule has 14 heteroatoms. The second-order valence-electron chi connectivity index (χ2n) is 7.30. The summed E-state index contributed by atoms with van der Waals surface area (Å²) in [5.74, 6) is -0.249. The minimum Gasteiger partial charge on any atom is -0.496 e. The average molecular weight is 515 g/mol. The topological polar surface area (TPSA) is 177 Å². The fourth-order valence-corrected chi connectivity index (χ4v) is 3.95. The third-order valence-corrected chi connectivity index (χ3v) is 5.71. The van der Waals surface area contributed by atoms with E-state index in [9.17, 15) is 14.7 Å². The van der Waals surface area contributed by atoms with Gasteiger partial charge in [0, 0.05) is 11.6 Å². The van der Waals surface area contributed by atoms with Crippen LogP contribution < -0.4 is 30.9 Å². The SMILES string of the molecule is COc1cccc(OC)c1-c1cc(C(=O)Nc2nnc(-n3nccc3N)s2)oc(=O)c1O[C@@H](C)CO. The first-order chi connectivity index (χ1) is 17.4. The fourth-order valence-electron chi connectivity index (χ4n) is 3.23. The van der Waals surface area contributed by atoms with Gasteiger partial charge in [0.2, 0.25) is 16.0 Å². The van der Waals surface area contributed by atoms with Crippen LogP contribution in [0, 0.1) is 0 Å². The third-order valence-electron chi connectivity index (χ3n) is 4.89. The number of carbonyl (C=O) groups excluding carboxylic acids is 1. The van der Waals surface area contributed by atoms with Crippen molar-refractivity contribution in [1.29, 1.82) is 0 Å². The van der Waals surface area contributed by atoms with E-state index in [-0.39, 0.29) is 28.8 Å². The van der Waals surface area contributed by atoms with Crippen molar-refractivity contribution in [3.8, 4) is 33.5 Å². The van der Waals surface area contributed by atoms with Crippen LogP contribution in [-0.2, 0) is 0 Å². The van der Waals surface area contributed by atoms with E-state index in [1.165, 1.54) is 31.2 Å². The predicted octanol–water partition coefficient (Wildman–Crippen LogP) is 1.96. The first-order valence-corrected chi connectivity index (χ1v) is 11.3. The number of amides is 1. The van der Waals surface area contributed by atoms with Crippen LogP contribution in [0.2, 0.25) is 0 Å². The molecule has 0 saturated heterocycles. The van der Waals surface area contributed by atoms with Gasteiger partial charge in [-0.2, -0.15) is 9.78 Å². The normalized spacial score (nSPS) is 11.7. The monoisotopic (exact) mass is 514 g/mol. The molecule has 1 amide bonds. The number of rotatable bonds is 9. The van der Waals surface area contributed by atoms with E-state index < -0.39 is 17.6 Å². The Morgan fingerprint density at radius 2 is 1.97 bits per heavy atom. The fraction of sp³-hybridized carbons (Fsp3) is 0.227. The summed E-state index contributed by atoms with van der Waals surface area (Å²) in [5.41, 5.74) is 5.42. The smallest absolute Gasteiger partial charge is 0.379 e. The molecule has 1 atom stereocenters. The molecule has 0 unspecified atom stereocenters. The zero-order chi connectivity index (χ0) is 25.8. The Labute approximate surface area is 208 Å². The van der Waals surface area contributed by atoms with Crippen LogP contribution >= 0.6 is 11.3 Å². The molecule has 0 aliphatic rings. The number of aliphatic hydroxyl groups is 1. The van der Waals surface area contributed by atoms with E-state index >= 15 is 0 Å². The molecule has 4 N–H and O–H groups in total. The van der Waals surface area contributed by atoms with Crippen LogP contribution in [0.1, 0.15) is 17.5 Å². The van der Waals surface area contributed by atoms with Crippen LogP contribution in [0.25, 0.3) is 16.3 Å².